The van der Waals surface area contributed by atoms with Gasteiger partial charge in [-0.15, -0.1) is 0 Å². The van der Waals surface area contributed by atoms with Crippen LogP contribution in [-0.4, -0.2) is 228 Å². The molecule has 10 rings (SSSR count). The van der Waals surface area contributed by atoms with E-state index in [0.29, 0.717) is 204 Å². The average molecular weight is 1390 g/mol. The Hall–Kier alpha value is -8.86. The zero-order valence-electron chi connectivity index (χ0n) is 57.5. The molecule has 0 unspecified atom stereocenters. The van der Waals surface area contributed by atoms with Crippen molar-refractivity contribution in [3.8, 4) is 67.5 Å². The number of ether oxygens (including phenoxy) is 16. The quantitative estimate of drug-likeness (QED) is 0.0204. The maximum absolute atomic E-state index is 12.0. The third-order valence-electron chi connectivity index (χ3n) is 16.6. The monoisotopic (exact) mass is 1390 g/mol. The van der Waals surface area contributed by atoms with Crippen LogP contribution in [0.4, 0.5) is 0 Å². The van der Waals surface area contributed by atoms with Gasteiger partial charge in [0, 0.05) is 78.5 Å². The van der Waals surface area contributed by atoms with Crippen LogP contribution in [0.15, 0.2) is 121 Å². The number of nitrogens with zero attached hydrogens (tertiary/aromatic N) is 2. The molecule has 3 aliphatic rings. The summed E-state index contributed by atoms with van der Waals surface area (Å²) in [5.74, 6) is -0.292. The number of aromatic nitrogens is 4. The van der Waals surface area contributed by atoms with E-state index < -0.39 is 23.5 Å². The first-order chi connectivity index (χ1) is 49.6. The van der Waals surface area contributed by atoms with Gasteiger partial charge in [0.15, 0.2) is 5.41 Å². The van der Waals surface area contributed by atoms with Crippen molar-refractivity contribution in [3.05, 3.63) is 144 Å². The predicted octanol–water partition coefficient (Wildman–Crippen LogP) is 11.2. The number of benzene rings is 4. The summed E-state index contributed by atoms with van der Waals surface area (Å²) in [4.78, 5) is 42.7. The van der Waals surface area contributed by atoms with Crippen molar-refractivity contribution in [1.29, 1.82) is 0 Å². The number of nitrogens with one attached hydrogen (secondary N) is 2. The summed E-state index contributed by atoms with van der Waals surface area (Å²) in [7, 11) is 4.91. The van der Waals surface area contributed by atoms with Gasteiger partial charge in [0.05, 0.1) is 162 Å². The Morgan fingerprint density at radius 2 is 0.564 bits per heavy atom. The average Bonchev–Trinajstić information content (AvgIpc) is 1.52. The summed E-state index contributed by atoms with van der Waals surface area (Å²) in [5.41, 5.74) is 10.6. The lowest BCUT2D eigenvalue weighted by Gasteiger charge is -2.40. The molecule has 1 aliphatic carbocycles. The first-order valence-electron chi connectivity index (χ1n) is 33.9. The third kappa shape index (κ3) is 21.6. The van der Waals surface area contributed by atoms with E-state index in [1.807, 2.05) is 121 Å². The highest BCUT2D eigenvalue weighted by Gasteiger charge is 2.58. The van der Waals surface area contributed by atoms with E-state index in [1.54, 1.807) is 33.5 Å². The van der Waals surface area contributed by atoms with Crippen molar-refractivity contribution in [2.24, 2.45) is 5.41 Å². The van der Waals surface area contributed by atoms with Crippen LogP contribution in [0.5, 0.6) is 23.0 Å². The highest BCUT2D eigenvalue weighted by molar-refractivity contribution is 6.01. The Morgan fingerprint density at radius 1 is 0.337 bits per heavy atom. The number of H-pyrrole nitrogens is 2. The Balaban J connectivity index is 0.985. The van der Waals surface area contributed by atoms with E-state index in [1.165, 1.54) is 0 Å². The number of methoxy groups -OCH3 is 3. The lowest BCUT2D eigenvalue weighted by molar-refractivity contribution is -0.178. The lowest BCUT2D eigenvalue weighted by Crippen LogP contribution is -2.54. The summed E-state index contributed by atoms with van der Waals surface area (Å²) >= 11 is 0. The van der Waals surface area contributed by atoms with Crippen LogP contribution in [0.3, 0.4) is 0 Å². The Labute approximate surface area is 587 Å². The number of hydrogen-bond acceptors (Lipinski definition) is 20. The number of carbonyl (C=O) groups is 2. The van der Waals surface area contributed by atoms with E-state index in [0.717, 1.165) is 66.6 Å². The first kappa shape index (κ1) is 74.8. The normalized spacial score (nSPS) is 13.2. The van der Waals surface area contributed by atoms with Gasteiger partial charge in [-0.25, -0.2) is 9.97 Å². The lowest BCUT2D eigenvalue weighted by atomic mass is 9.66. The summed E-state index contributed by atoms with van der Waals surface area (Å²) < 4.78 is 90.4. The highest BCUT2D eigenvalue weighted by atomic mass is 16.6. The molecule has 7 aromatic rings. The number of fused-ring (bicyclic) bond motifs is 8. The molecular weight excluding hydrogens is 1300 g/mol. The fourth-order valence-electron chi connectivity index (χ4n) is 11.4. The maximum Gasteiger partial charge on any atom is 0.321 e. The van der Waals surface area contributed by atoms with E-state index in [2.05, 4.69) is 22.1 Å². The number of aromatic amines is 2. The molecule has 3 aromatic heterocycles. The Kier molecular flexibility index (Phi) is 29.6. The Bertz CT molecular complexity index is 3860. The van der Waals surface area contributed by atoms with Crippen molar-refractivity contribution in [2.75, 3.05) is 180 Å². The van der Waals surface area contributed by atoms with Crippen LogP contribution in [0.2, 0.25) is 0 Å². The van der Waals surface area contributed by atoms with Crippen LogP contribution < -0.4 is 18.9 Å². The zero-order valence-corrected chi connectivity index (χ0v) is 57.5. The van der Waals surface area contributed by atoms with Gasteiger partial charge in [-0.2, -0.15) is 0 Å². The van der Waals surface area contributed by atoms with Crippen molar-refractivity contribution in [1.82, 2.24) is 19.9 Å². The van der Waals surface area contributed by atoms with Gasteiger partial charge in [-0.1, -0.05) is 48.5 Å². The van der Waals surface area contributed by atoms with Gasteiger partial charge in [0.1, 0.15) is 48.9 Å². The van der Waals surface area contributed by atoms with E-state index in [9.17, 15) is 19.8 Å². The van der Waals surface area contributed by atoms with Gasteiger partial charge in [0.2, 0.25) is 0 Å². The minimum absolute atomic E-state index is 0.156. The second-order valence-electron chi connectivity index (χ2n) is 23.5. The highest BCUT2D eigenvalue weighted by Crippen LogP contribution is 2.45. The largest absolute Gasteiger partial charge is 0.491 e. The van der Waals surface area contributed by atoms with Crippen LogP contribution >= 0.6 is 0 Å². The number of carboxylic acids is 2. The standard InChI is InChI=1S/C77H90N4O20/c1-86-28-31-89-34-37-92-40-43-95-46-49-98-58-12-4-54(5-13-58)71-63-20-22-65(78-63)72(55-6-14-59(15-7-55)99-50-47-96-44-41-93-38-35-90-32-29-87-2)67-24-26-69(80-67)74(57-10-18-61(19-11-57)101-62-52-77(53-62,75(82)83)76(84)85)70-27-25-68(81-70)73(66-23-21-64(71)79-66)56-8-16-60(17-9-56)100-51-48-97-45-42-94-39-36-91-33-30-88-3/h4-27,62,78,81H,28-53H2,1-3H3,(H,82,83)(H,84,85). The minimum Gasteiger partial charge on any atom is -0.491 e. The molecule has 2 aliphatic heterocycles. The first-order valence-corrected chi connectivity index (χ1v) is 33.9. The van der Waals surface area contributed by atoms with Crippen LogP contribution in [0.25, 0.3) is 90.9 Å². The van der Waals surface area contributed by atoms with Crippen LogP contribution in [-0.2, 0) is 66.4 Å². The number of carboxylic acid groups (broad SMARTS) is 2. The number of hydrogen-bond donors (Lipinski definition) is 4. The number of rotatable bonds is 47. The topological polar surface area (TPSA) is 280 Å². The molecule has 101 heavy (non-hydrogen) atoms. The fraction of sp³-hybridized carbons (Fsp3) is 0.403. The molecular formula is C77H90N4O20. The molecule has 0 saturated heterocycles. The maximum atomic E-state index is 12.0. The summed E-state index contributed by atoms with van der Waals surface area (Å²) in [6.07, 6.45) is 7.18. The fourth-order valence-corrected chi connectivity index (χ4v) is 11.4. The summed E-state index contributed by atoms with van der Waals surface area (Å²) in [6, 6.07) is 39.4. The van der Waals surface area contributed by atoms with Gasteiger partial charge in [-0.05, 0) is 119 Å². The molecule has 0 atom stereocenters. The Morgan fingerprint density at radius 3 is 0.802 bits per heavy atom. The molecule has 1 fully saturated rings. The van der Waals surface area contributed by atoms with Gasteiger partial charge in [-0.3, -0.25) is 9.59 Å². The van der Waals surface area contributed by atoms with Gasteiger partial charge < -0.3 is 96.0 Å². The molecule has 24 heteroatoms. The summed E-state index contributed by atoms with van der Waals surface area (Å²) in [5, 5.41) is 19.6. The van der Waals surface area contributed by atoms with Crippen LogP contribution in [0.1, 0.15) is 35.6 Å². The smallest absolute Gasteiger partial charge is 0.321 e. The minimum atomic E-state index is -1.88. The van der Waals surface area contributed by atoms with Gasteiger partial charge >= 0.3 is 11.9 Å². The molecule has 8 bridgehead atoms. The second-order valence-corrected chi connectivity index (χ2v) is 23.5. The van der Waals surface area contributed by atoms with Crippen LogP contribution in [0, 0.1) is 5.41 Å². The van der Waals surface area contributed by atoms with Crippen molar-refractivity contribution in [2.45, 2.75) is 18.9 Å². The van der Waals surface area contributed by atoms with E-state index in [-0.39, 0.29) is 12.8 Å². The third-order valence-corrected chi connectivity index (χ3v) is 16.6. The molecule has 24 nitrogen and oxygen atoms in total. The van der Waals surface area contributed by atoms with Crippen molar-refractivity contribution >= 4 is 58.3 Å². The molecule has 0 amide bonds. The zero-order chi connectivity index (χ0) is 70.3. The second kappa shape index (κ2) is 40.0. The molecule has 1 saturated carbocycles. The molecule has 538 valence electrons. The molecule has 0 spiro atoms. The summed E-state index contributed by atoms with van der Waals surface area (Å²) in [6.45, 7) is 10.7. The van der Waals surface area contributed by atoms with E-state index in [4.69, 9.17) is 85.8 Å². The number of aliphatic carboxylic acids is 2. The van der Waals surface area contributed by atoms with Crippen molar-refractivity contribution in [3.63, 3.8) is 0 Å². The van der Waals surface area contributed by atoms with E-state index >= 15 is 0 Å². The van der Waals surface area contributed by atoms with Gasteiger partial charge in [0.25, 0.3) is 0 Å². The molecule has 4 aromatic carbocycles. The molecule has 4 N–H and O–H groups in total. The van der Waals surface area contributed by atoms with Crippen molar-refractivity contribution < 1.29 is 95.6 Å². The molecule has 5 heterocycles. The SMILES string of the molecule is COCCOCCOCCOCCOc1ccc(-c2c3nc(c(-c4ccc(OCCOCCOCCOCCOC)cc4)c4ccc([nH]4)c(-c4ccc(OC5CC(C(=O)O)(C(=O)O)C5)cc4)c4nc(c(-c5ccc(OCCOCCOCCOCCOC)cc5)c5ccc2[nH]5)C=C4)C=C3)cc1. The predicted molar refractivity (Wildman–Crippen MR) is 381 cm³/mol. The molecule has 0 radical (unpaired) electrons.